The molecule has 0 aromatic rings. The predicted octanol–water partition coefficient (Wildman–Crippen LogP) is 4.29. The van der Waals surface area contributed by atoms with Crippen molar-refractivity contribution in [3.05, 3.63) is 36.0 Å². The Morgan fingerprint density at radius 2 is 1.97 bits per heavy atom. The molecule has 5 nitrogen and oxygen atoms in total. The summed E-state index contributed by atoms with van der Waals surface area (Å²) < 4.78 is 4.96. The number of methoxy groups -OCH3 is 1. The van der Waals surface area contributed by atoms with Crippen molar-refractivity contribution in [2.75, 3.05) is 13.7 Å². The van der Waals surface area contributed by atoms with Gasteiger partial charge in [0.05, 0.1) is 25.2 Å². The smallest absolute Gasteiger partial charge is 0.309 e. The van der Waals surface area contributed by atoms with Crippen LogP contribution in [0.15, 0.2) is 36.0 Å². The third-order valence-electron chi connectivity index (χ3n) is 6.72. The second-order valence-corrected chi connectivity index (χ2v) is 8.97. The highest BCUT2D eigenvalue weighted by Crippen LogP contribution is 2.36. The first-order valence-electron chi connectivity index (χ1n) is 11.3. The maximum Gasteiger partial charge on any atom is 0.309 e. The van der Waals surface area contributed by atoms with Crippen LogP contribution in [0.4, 0.5) is 0 Å². The molecule has 0 aromatic carbocycles. The summed E-state index contributed by atoms with van der Waals surface area (Å²) in [5, 5.41) is 20.4. The van der Waals surface area contributed by atoms with Crippen molar-refractivity contribution in [2.45, 2.75) is 76.7 Å². The molecule has 5 heteroatoms. The van der Waals surface area contributed by atoms with E-state index in [9.17, 15) is 19.8 Å². The summed E-state index contributed by atoms with van der Waals surface area (Å²) in [7, 11) is 1.37. The number of esters is 1. The Morgan fingerprint density at radius 1 is 1.27 bits per heavy atom. The van der Waals surface area contributed by atoms with Crippen molar-refractivity contribution in [1.82, 2.24) is 0 Å². The minimum Gasteiger partial charge on any atom is -0.469 e. The second-order valence-electron chi connectivity index (χ2n) is 8.97. The average molecular weight is 419 g/mol. The zero-order valence-electron chi connectivity index (χ0n) is 18.6. The Labute approximate surface area is 180 Å². The van der Waals surface area contributed by atoms with Gasteiger partial charge < -0.3 is 14.9 Å². The molecule has 3 atom stereocenters. The van der Waals surface area contributed by atoms with Crippen LogP contribution < -0.4 is 0 Å². The Kier molecular flexibility index (Phi) is 9.50. The van der Waals surface area contributed by atoms with Crippen LogP contribution in [-0.2, 0) is 14.3 Å². The van der Waals surface area contributed by atoms with Crippen LogP contribution in [0.5, 0.6) is 0 Å². The van der Waals surface area contributed by atoms with Crippen LogP contribution in [-0.4, -0.2) is 41.3 Å². The zero-order chi connectivity index (χ0) is 22.1. The summed E-state index contributed by atoms with van der Waals surface area (Å²) >= 11 is 0. The van der Waals surface area contributed by atoms with E-state index in [1.807, 2.05) is 12.2 Å². The van der Waals surface area contributed by atoms with Crippen LogP contribution >= 0.6 is 0 Å². The fourth-order valence-electron chi connectivity index (χ4n) is 4.81. The molecule has 0 amide bonds. The number of Topliss-reactive ketones (excluding diaryl/α,β-unsaturated/α-hetero) is 1. The molecule has 168 valence electrons. The number of aliphatic hydroxyl groups is 2. The molecular formula is C25H38O5. The highest BCUT2D eigenvalue weighted by molar-refractivity contribution is 5.88. The van der Waals surface area contributed by atoms with Gasteiger partial charge in [-0.2, -0.15) is 0 Å². The number of rotatable bonds is 11. The highest BCUT2D eigenvalue weighted by atomic mass is 16.5. The maximum absolute atomic E-state index is 12.3. The zero-order valence-corrected chi connectivity index (χ0v) is 18.6. The summed E-state index contributed by atoms with van der Waals surface area (Å²) in [6.07, 6.45) is 13.8. The first kappa shape index (κ1) is 24.5. The number of allylic oxidation sites excluding steroid dienone is 1. The first-order valence-corrected chi connectivity index (χ1v) is 11.3. The quantitative estimate of drug-likeness (QED) is 0.297. The highest BCUT2D eigenvalue weighted by Gasteiger charge is 2.36. The molecule has 2 rings (SSSR count). The molecule has 0 radical (unpaired) electrons. The average Bonchev–Trinajstić information content (AvgIpc) is 3.41. The topological polar surface area (TPSA) is 83.8 Å². The fourth-order valence-corrected chi connectivity index (χ4v) is 4.81. The van der Waals surface area contributed by atoms with Gasteiger partial charge in [0.25, 0.3) is 0 Å². The van der Waals surface area contributed by atoms with E-state index in [-0.39, 0.29) is 24.3 Å². The number of carbonyl (C=O) groups is 2. The molecule has 0 unspecified atom stereocenters. The van der Waals surface area contributed by atoms with Gasteiger partial charge in [0.15, 0.2) is 0 Å². The van der Waals surface area contributed by atoms with Gasteiger partial charge in [0.1, 0.15) is 5.78 Å². The number of hydrogen-bond donors (Lipinski definition) is 2. The summed E-state index contributed by atoms with van der Waals surface area (Å²) in [5.41, 5.74) is 0.982. The molecule has 0 aromatic heterocycles. The van der Waals surface area contributed by atoms with Crippen molar-refractivity contribution >= 4 is 11.8 Å². The molecule has 2 aliphatic rings. The summed E-state index contributed by atoms with van der Waals surface area (Å²) in [6, 6.07) is 0. The number of hydrogen-bond acceptors (Lipinski definition) is 5. The standard InChI is InChI=1S/C25H38O5/c1-4-25(2,29)16-15-20(18-9-5-6-10-18)19(17-26)11-7-13-22(24(28)30-3)21-12-8-14-23(21)27/h4,11,15,18,21-22,26,29H,1,5-10,12-14,16-17H2,2-3H3/b19-11-,20-15+/t21-,22+,25+/m1/s1. The van der Waals surface area contributed by atoms with Gasteiger partial charge in [0.2, 0.25) is 0 Å². The monoisotopic (exact) mass is 418 g/mol. The van der Waals surface area contributed by atoms with E-state index in [0.29, 0.717) is 31.6 Å². The van der Waals surface area contributed by atoms with Gasteiger partial charge in [-0.25, -0.2) is 0 Å². The molecule has 2 saturated carbocycles. The normalized spacial score (nSPS) is 24.0. The van der Waals surface area contributed by atoms with Gasteiger partial charge >= 0.3 is 5.97 Å². The summed E-state index contributed by atoms with van der Waals surface area (Å²) in [4.78, 5) is 24.5. The lowest BCUT2D eigenvalue weighted by Crippen LogP contribution is -2.27. The largest absolute Gasteiger partial charge is 0.469 e. The van der Waals surface area contributed by atoms with Crippen LogP contribution in [0.2, 0.25) is 0 Å². The molecule has 2 fully saturated rings. The molecule has 30 heavy (non-hydrogen) atoms. The van der Waals surface area contributed by atoms with E-state index in [0.717, 1.165) is 36.8 Å². The second kappa shape index (κ2) is 11.6. The summed E-state index contributed by atoms with van der Waals surface area (Å²) in [5.74, 6) is -0.424. The SMILES string of the molecule is C=C[C@](C)(O)C/C=C(/C(=C\CC[C@H](C(=O)OC)[C@H]1CCCC1=O)CO)C1CCCC1. The summed E-state index contributed by atoms with van der Waals surface area (Å²) in [6.45, 7) is 5.34. The van der Waals surface area contributed by atoms with Crippen LogP contribution in [0, 0.1) is 17.8 Å². The van der Waals surface area contributed by atoms with Crippen molar-refractivity contribution in [2.24, 2.45) is 17.8 Å². The van der Waals surface area contributed by atoms with Gasteiger partial charge in [-0.15, -0.1) is 6.58 Å². The van der Waals surface area contributed by atoms with E-state index < -0.39 is 11.5 Å². The molecule has 0 bridgehead atoms. The van der Waals surface area contributed by atoms with Crippen LogP contribution in [0.25, 0.3) is 0 Å². The Hall–Kier alpha value is -1.72. The third-order valence-corrected chi connectivity index (χ3v) is 6.72. The van der Waals surface area contributed by atoms with Gasteiger partial charge in [0, 0.05) is 12.3 Å². The minimum absolute atomic E-state index is 0.0795. The van der Waals surface area contributed by atoms with E-state index >= 15 is 0 Å². The molecule has 0 spiro atoms. The number of carbonyl (C=O) groups excluding carboxylic acids is 2. The van der Waals surface area contributed by atoms with E-state index in [2.05, 4.69) is 6.58 Å². The van der Waals surface area contributed by atoms with Gasteiger partial charge in [-0.05, 0) is 68.9 Å². The van der Waals surface area contributed by atoms with Gasteiger partial charge in [-0.3, -0.25) is 9.59 Å². The Balaban J connectivity index is 2.16. The third kappa shape index (κ3) is 6.64. The Morgan fingerprint density at radius 3 is 2.50 bits per heavy atom. The van der Waals surface area contributed by atoms with Crippen molar-refractivity contribution in [3.8, 4) is 0 Å². The predicted molar refractivity (Wildman–Crippen MR) is 118 cm³/mol. The van der Waals surface area contributed by atoms with E-state index in [1.165, 1.54) is 26.0 Å². The fraction of sp³-hybridized carbons (Fsp3) is 0.680. The molecule has 0 saturated heterocycles. The minimum atomic E-state index is -0.983. The number of ether oxygens (including phenoxy) is 1. The van der Waals surface area contributed by atoms with Crippen molar-refractivity contribution < 1.29 is 24.5 Å². The number of ketones is 1. The molecule has 0 aliphatic heterocycles. The Bertz CT molecular complexity index is 667. The molecule has 2 N–H and O–H groups in total. The molecular weight excluding hydrogens is 380 g/mol. The van der Waals surface area contributed by atoms with Crippen LogP contribution in [0.1, 0.15) is 71.1 Å². The van der Waals surface area contributed by atoms with Crippen molar-refractivity contribution in [1.29, 1.82) is 0 Å². The first-order chi connectivity index (χ1) is 14.3. The number of aliphatic hydroxyl groups excluding tert-OH is 1. The maximum atomic E-state index is 12.3. The van der Waals surface area contributed by atoms with E-state index in [1.54, 1.807) is 6.92 Å². The van der Waals surface area contributed by atoms with Gasteiger partial charge in [-0.1, -0.05) is 31.1 Å². The molecule has 2 aliphatic carbocycles. The molecule has 0 heterocycles. The van der Waals surface area contributed by atoms with E-state index in [4.69, 9.17) is 4.74 Å². The van der Waals surface area contributed by atoms with Crippen molar-refractivity contribution in [3.63, 3.8) is 0 Å². The van der Waals surface area contributed by atoms with Crippen LogP contribution in [0.3, 0.4) is 0 Å². The lowest BCUT2D eigenvalue weighted by Gasteiger charge is -2.22. The lowest BCUT2D eigenvalue weighted by molar-refractivity contribution is -0.149. The lowest BCUT2D eigenvalue weighted by atomic mass is 9.84.